The summed E-state index contributed by atoms with van der Waals surface area (Å²) in [5.74, 6) is -2.46. The van der Waals surface area contributed by atoms with Gasteiger partial charge in [-0.15, -0.1) is 0 Å². The van der Waals surface area contributed by atoms with E-state index in [0.717, 1.165) is 18.2 Å². The molecule has 0 aliphatic rings. The summed E-state index contributed by atoms with van der Waals surface area (Å²) in [6.07, 6.45) is -1.99. The summed E-state index contributed by atoms with van der Waals surface area (Å²) < 4.78 is 44.9. The topological polar surface area (TPSA) is 88.1 Å². The molecule has 2 amide bonds. The highest BCUT2D eigenvalue weighted by molar-refractivity contribution is 6.00. The van der Waals surface area contributed by atoms with Crippen LogP contribution in [0.4, 0.5) is 18.9 Å². The van der Waals surface area contributed by atoms with Crippen molar-refractivity contribution in [3.63, 3.8) is 0 Å². The summed E-state index contributed by atoms with van der Waals surface area (Å²) in [5.41, 5.74) is -0.195. The van der Waals surface area contributed by atoms with Crippen molar-refractivity contribution in [3.8, 4) is 0 Å². The Kier molecular flexibility index (Phi) is 8.93. The van der Waals surface area contributed by atoms with Gasteiger partial charge in [-0.1, -0.05) is 66.7 Å². The van der Waals surface area contributed by atoms with Gasteiger partial charge in [-0.3, -0.25) is 9.59 Å². The van der Waals surface area contributed by atoms with Crippen LogP contribution in [0.1, 0.15) is 23.6 Å². The Morgan fingerprint density at radius 3 is 2.14 bits per heavy atom. The molecule has 0 radical (unpaired) electrons. The molecule has 190 valence electrons. The number of carbonyl (C=O) groups excluding carboxylic acids is 3. The van der Waals surface area contributed by atoms with Crippen LogP contribution in [-0.4, -0.2) is 30.6 Å². The van der Waals surface area contributed by atoms with Gasteiger partial charge in [-0.25, -0.2) is 4.79 Å². The van der Waals surface area contributed by atoms with E-state index in [4.69, 9.17) is 4.74 Å². The quantitative estimate of drug-likeness (QED) is 0.205. The average molecular weight is 509 g/mol. The maximum Gasteiger partial charge on any atom is 0.416 e. The van der Waals surface area contributed by atoms with E-state index in [1.54, 1.807) is 60.7 Å². The Balaban J connectivity index is 1.84. The van der Waals surface area contributed by atoms with Crippen molar-refractivity contribution in [1.29, 1.82) is 0 Å². The third-order valence-electron chi connectivity index (χ3n) is 4.74. The number of hydrogen-bond donors (Lipinski definition) is 1. The van der Waals surface area contributed by atoms with Crippen LogP contribution in [0.3, 0.4) is 0 Å². The molecule has 7 nitrogen and oxygen atoms in total. The Labute approximate surface area is 210 Å². The van der Waals surface area contributed by atoms with Gasteiger partial charge in [0, 0.05) is 6.92 Å². The van der Waals surface area contributed by atoms with Crippen molar-refractivity contribution in [3.05, 3.63) is 107 Å². The monoisotopic (exact) mass is 509 g/mol. The fourth-order valence-corrected chi connectivity index (χ4v) is 3.07. The number of hydrogen-bond acceptors (Lipinski definition) is 5. The predicted molar refractivity (Wildman–Crippen MR) is 132 cm³/mol. The lowest BCUT2D eigenvalue weighted by Crippen LogP contribution is -2.33. The van der Waals surface area contributed by atoms with E-state index in [2.05, 4.69) is 10.4 Å². The number of esters is 1. The molecule has 0 saturated heterocycles. The third-order valence-corrected chi connectivity index (χ3v) is 4.74. The van der Waals surface area contributed by atoms with Crippen molar-refractivity contribution >= 4 is 35.8 Å². The van der Waals surface area contributed by atoms with Gasteiger partial charge < -0.3 is 10.1 Å². The average Bonchev–Trinajstić information content (AvgIpc) is 2.87. The summed E-state index contributed by atoms with van der Waals surface area (Å²) in [4.78, 5) is 37.2. The van der Waals surface area contributed by atoms with Crippen LogP contribution in [0.15, 0.2) is 95.7 Å². The van der Waals surface area contributed by atoms with Gasteiger partial charge in [0.1, 0.15) is 5.70 Å². The maximum absolute atomic E-state index is 13.3. The molecule has 0 spiro atoms. The molecule has 0 heterocycles. The third kappa shape index (κ3) is 8.17. The van der Waals surface area contributed by atoms with Crippen molar-refractivity contribution in [2.24, 2.45) is 5.10 Å². The lowest BCUT2D eigenvalue weighted by molar-refractivity contribution is -0.144. The molecule has 0 atom stereocenters. The van der Waals surface area contributed by atoms with E-state index in [1.165, 1.54) is 25.3 Å². The van der Waals surface area contributed by atoms with Gasteiger partial charge in [0.2, 0.25) is 5.91 Å². The zero-order valence-electron chi connectivity index (χ0n) is 19.6. The second kappa shape index (κ2) is 12.3. The minimum atomic E-state index is -4.64. The summed E-state index contributed by atoms with van der Waals surface area (Å²) in [6.45, 7) is 0.345. The van der Waals surface area contributed by atoms with E-state index < -0.39 is 36.1 Å². The zero-order valence-corrected chi connectivity index (χ0v) is 19.6. The molecule has 0 fully saturated rings. The fourth-order valence-electron chi connectivity index (χ4n) is 3.07. The van der Waals surface area contributed by atoms with Gasteiger partial charge in [0.25, 0.3) is 5.91 Å². The van der Waals surface area contributed by atoms with Gasteiger partial charge in [-0.05, 0) is 35.4 Å². The lowest BCUT2D eigenvalue weighted by Gasteiger charge is -2.19. The molecule has 0 aliphatic carbocycles. The first-order valence-corrected chi connectivity index (χ1v) is 10.9. The predicted octanol–water partition coefficient (Wildman–Crippen LogP) is 4.79. The zero-order chi connectivity index (χ0) is 26.8. The number of benzene rings is 3. The maximum atomic E-state index is 13.3. The standard InChI is InChI=1S/C27H22F3N3O4/c1-19(34)32-24(15-20-9-4-2-5-10-20)26(36)37-18-25(35)33(31-17-21-11-6-3-7-12-21)23-14-8-13-22(16-23)27(28,29)30/h2-17H,18H2,1H3,(H,32,34)/b24-15+,31-17-. The number of amides is 2. The first-order valence-electron chi connectivity index (χ1n) is 10.9. The number of halogens is 3. The largest absolute Gasteiger partial charge is 0.451 e. The minimum Gasteiger partial charge on any atom is -0.451 e. The Bertz CT molecular complexity index is 1310. The second-order valence-electron chi connectivity index (χ2n) is 7.63. The highest BCUT2D eigenvalue weighted by atomic mass is 19.4. The SMILES string of the molecule is CC(=O)N/C(=C/c1ccccc1)C(=O)OCC(=O)N(/N=C\c1ccccc1)c1cccc(C(F)(F)F)c1. The van der Waals surface area contributed by atoms with Crippen LogP contribution < -0.4 is 10.3 Å². The molecule has 1 N–H and O–H groups in total. The van der Waals surface area contributed by atoms with Crippen molar-refractivity contribution in [2.45, 2.75) is 13.1 Å². The molecule has 3 aromatic rings. The number of carbonyl (C=O) groups is 3. The summed E-state index contributed by atoms with van der Waals surface area (Å²) >= 11 is 0. The summed E-state index contributed by atoms with van der Waals surface area (Å²) in [5, 5.41) is 7.11. The second-order valence-corrected chi connectivity index (χ2v) is 7.63. The number of nitrogens with one attached hydrogen (secondary N) is 1. The van der Waals surface area contributed by atoms with E-state index in [1.807, 2.05) is 0 Å². The number of alkyl halides is 3. The molecule has 0 bridgehead atoms. The van der Waals surface area contributed by atoms with E-state index >= 15 is 0 Å². The molecule has 37 heavy (non-hydrogen) atoms. The van der Waals surface area contributed by atoms with Gasteiger partial charge >= 0.3 is 12.1 Å². The highest BCUT2D eigenvalue weighted by Gasteiger charge is 2.31. The molecular weight excluding hydrogens is 487 g/mol. The normalized spacial score (nSPS) is 11.7. The molecular formula is C27H22F3N3O4. The number of nitrogens with zero attached hydrogens (tertiary/aromatic N) is 2. The van der Waals surface area contributed by atoms with Gasteiger partial charge in [-0.2, -0.15) is 23.3 Å². The molecule has 0 saturated carbocycles. The number of hydrazone groups is 1. The van der Waals surface area contributed by atoms with E-state index in [9.17, 15) is 27.6 Å². The van der Waals surface area contributed by atoms with Crippen LogP contribution in [0.2, 0.25) is 0 Å². The van der Waals surface area contributed by atoms with Crippen molar-refractivity contribution in [1.82, 2.24) is 5.32 Å². The Morgan fingerprint density at radius 1 is 0.919 bits per heavy atom. The molecule has 3 aromatic carbocycles. The first-order chi connectivity index (χ1) is 17.6. The lowest BCUT2D eigenvalue weighted by atomic mass is 10.2. The Hall–Kier alpha value is -4.73. The molecule has 0 aliphatic heterocycles. The molecule has 3 rings (SSSR count). The van der Waals surface area contributed by atoms with Crippen molar-refractivity contribution < 1.29 is 32.3 Å². The van der Waals surface area contributed by atoms with Crippen LogP contribution in [-0.2, 0) is 25.3 Å². The summed E-state index contributed by atoms with van der Waals surface area (Å²) in [7, 11) is 0. The highest BCUT2D eigenvalue weighted by Crippen LogP contribution is 2.31. The summed E-state index contributed by atoms with van der Waals surface area (Å²) in [6, 6.07) is 21.2. The molecule has 10 heteroatoms. The van der Waals surface area contributed by atoms with E-state index in [-0.39, 0.29) is 11.4 Å². The van der Waals surface area contributed by atoms with E-state index in [0.29, 0.717) is 16.1 Å². The van der Waals surface area contributed by atoms with Crippen LogP contribution in [0.25, 0.3) is 6.08 Å². The van der Waals surface area contributed by atoms with Crippen LogP contribution in [0.5, 0.6) is 0 Å². The van der Waals surface area contributed by atoms with Crippen LogP contribution >= 0.6 is 0 Å². The van der Waals surface area contributed by atoms with Crippen LogP contribution in [0, 0.1) is 0 Å². The van der Waals surface area contributed by atoms with Gasteiger partial charge in [0.15, 0.2) is 6.61 Å². The number of anilines is 1. The number of rotatable bonds is 8. The minimum absolute atomic E-state index is 0.176. The van der Waals surface area contributed by atoms with Crippen molar-refractivity contribution in [2.75, 3.05) is 11.6 Å². The smallest absolute Gasteiger partial charge is 0.416 e. The number of ether oxygens (including phenoxy) is 1. The molecule has 0 unspecified atom stereocenters. The first kappa shape index (κ1) is 26.9. The molecule has 0 aromatic heterocycles. The van der Waals surface area contributed by atoms with Gasteiger partial charge in [0.05, 0.1) is 17.5 Å². The Morgan fingerprint density at radius 2 is 1.54 bits per heavy atom. The fraction of sp³-hybridized carbons (Fsp3) is 0.111.